The number of hydrogen-bond acceptors (Lipinski definition) is 2. The van der Waals surface area contributed by atoms with Crippen LogP contribution >= 0.6 is 11.6 Å². The minimum absolute atomic E-state index is 0.305. The maximum Gasteiger partial charge on any atom is 0.272 e. The van der Waals surface area contributed by atoms with Crippen molar-refractivity contribution in [3.05, 3.63) is 65.7 Å². The molecule has 0 spiro atoms. The molecule has 2 aromatic heterocycles. The van der Waals surface area contributed by atoms with Gasteiger partial charge in [0.15, 0.2) is 0 Å². The van der Waals surface area contributed by atoms with Crippen molar-refractivity contribution in [2.45, 2.75) is 0 Å². The normalized spacial score (nSPS) is 10.6. The molecule has 0 radical (unpaired) electrons. The van der Waals surface area contributed by atoms with Crippen LogP contribution in [-0.2, 0) is 0 Å². The zero-order chi connectivity index (χ0) is 14.8. The molecule has 3 rings (SSSR count). The fourth-order valence-electron chi connectivity index (χ4n) is 1.89. The first-order chi connectivity index (χ1) is 10.1. The number of amides is 1. The predicted molar refractivity (Wildman–Crippen MR) is 77.3 cm³/mol. The molecule has 0 aliphatic heterocycles. The van der Waals surface area contributed by atoms with Crippen LogP contribution in [0, 0.1) is 5.82 Å². The van der Waals surface area contributed by atoms with Gasteiger partial charge in [-0.3, -0.25) is 4.79 Å². The number of nitrogens with zero attached hydrogens (tertiary/aromatic N) is 2. The number of carbonyl (C=O) groups excluding carboxylic acids is 1. The number of H-pyrrole nitrogens is 1. The highest BCUT2D eigenvalue weighted by molar-refractivity contribution is 6.31. The van der Waals surface area contributed by atoms with E-state index in [1.807, 2.05) is 0 Å². The highest BCUT2D eigenvalue weighted by Gasteiger charge is 2.10. The monoisotopic (exact) mass is 304 g/mol. The highest BCUT2D eigenvalue weighted by Crippen LogP contribution is 2.19. The van der Waals surface area contributed by atoms with Gasteiger partial charge in [-0.05, 0) is 24.3 Å². The van der Waals surface area contributed by atoms with Gasteiger partial charge in [0, 0.05) is 24.3 Å². The van der Waals surface area contributed by atoms with Crippen molar-refractivity contribution in [3.8, 4) is 5.69 Å². The molecule has 2 N–H and O–H groups in total. The van der Waals surface area contributed by atoms with Gasteiger partial charge in [0.05, 0.1) is 17.0 Å². The van der Waals surface area contributed by atoms with Crippen LogP contribution in [0.5, 0.6) is 0 Å². The van der Waals surface area contributed by atoms with Crippen LogP contribution in [0.25, 0.3) is 5.69 Å². The first kappa shape index (κ1) is 13.4. The van der Waals surface area contributed by atoms with Crippen molar-refractivity contribution >= 4 is 23.2 Å². The van der Waals surface area contributed by atoms with Crippen LogP contribution in [0.4, 0.5) is 10.1 Å². The van der Waals surface area contributed by atoms with Gasteiger partial charge >= 0.3 is 0 Å². The molecule has 7 heteroatoms. The van der Waals surface area contributed by atoms with Crippen molar-refractivity contribution in [1.82, 2.24) is 14.5 Å². The van der Waals surface area contributed by atoms with Crippen LogP contribution in [0.2, 0.25) is 5.02 Å². The lowest BCUT2D eigenvalue weighted by Gasteiger charge is -2.08. The number of aromatic nitrogens is 3. The lowest BCUT2D eigenvalue weighted by Crippen LogP contribution is -2.12. The summed E-state index contributed by atoms with van der Waals surface area (Å²) in [6.07, 6.45) is 6.19. The standard InChI is InChI=1S/C14H10ClFN4O/c15-9-5-12(18-7-9)14(21)19-10-1-2-13(11(16)6-10)20-4-3-17-8-20/h1-8,18H,(H,19,21). The molecule has 0 saturated heterocycles. The van der Waals surface area contributed by atoms with Crippen LogP contribution in [0.3, 0.4) is 0 Å². The third-order valence-corrected chi connectivity index (χ3v) is 3.10. The Kier molecular flexibility index (Phi) is 3.45. The third kappa shape index (κ3) is 2.80. The lowest BCUT2D eigenvalue weighted by atomic mass is 10.2. The molecule has 0 atom stereocenters. The van der Waals surface area contributed by atoms with E-state index in [1.165, 1.54) is 24.7 Å². The first-order valence-corrected chi connectivity index (χ1v) is 6.44. The van der Waals surface area contributed by atoms with Gasteiger partial charge in [-0.15, -0.1) is 0 Å². The number of halogens is 2. The number of aromatic amines is 1. The minimum atomic E-state index is -0.463. The van der Waals surface area contributed by atoms with Gasteiger partial charge in [0.2, 0.25) is 0 Å². The Balaban J connectivity index is 1.81. The Morgan fingerprint density at radius 3 is 2.86 bits per heavy atom. The van der Waals surface area contributed by atoms with E-state index in [4.69, 9.17) is 11.6 Å². The largest absolute Gasteiger partial charge is 0.356 e. The number of benzene rings is 1. The summed E-state index contributed by atoms with van der Waals surface area (Å²) in [5, 5.41) is 3.02. The molecular weight excluding hydrogens is 295 g/mol. The summed E-state index contributed by atoms with van der Waals surface area (Å²) in [5.41, 5.74) is 1.01. The maximum absolute atomic E-state index is 14.0. The zero-order valence-corrected chi connectivity index (χ0v) is 11.4. The fourth-order valence-corrected chi connectivity index (χ4v) is 2.06. The average Bonchev–Trinajstić information content (AvgIpc) is 3.10. The second-order valence-corrected chi connectivity index (χ2v) is 4.76. The van der Waals surface area contributed by atoms with E-state index >= 15 is 0 Å². The Hall–Kier alpha value is -2.60. The average molecular weight is 305 g/mol. The topological polar surface area (TPSA) is 62.7 Å². The number of nitrogens with one attached hydrogen (secondary N) is 2. The molecule has 1 aromatic carbocycles. The van der Waals surface area contributed by atoms with Crippen molar-refractivity contribution in [3.63, 3.8) is 0 Å². The third-order valence-electron chi connectivity index (χ3n) is 2.88. The van der Waals surface area contributed by atoms with Gasteiger partial charge in [-0.2, -0.15) is 0 Å². The second kappa shape index (κ2) is 5.41. The van der Waals surface area contributed by atoms with E-state index in [-0.39, 0.29) is 0 Å². The van der Waals surface area contributed by atoms with Crippen molar-refractivity contribution in [2.24, 2.45) is 0 Å². The van der Waals surface area contributed by atoms with E-state index in [0.717, 1.165) is 0 Å². The number of carbonyl (C=O) groups is 1. The van der Waals surface area contributed by atoms with Crippen LogP contribution < -0.4 is 5.32 Å². The molecule has 5 nitrogen and oxygen atoms in total. The SMILES string of the molecule is O=C(Nc1ccc(-n2ccnc2)c(F)c1)c1cc(Cl)c[nH]1. The molecular formula is C14H10ClFN4O. The number of imidazole rings is 1. The number of hydrogen-bond donors (Lipinski definition) is 2. The van der Waals surface area contributed by atoms with Gasteiger partial charge < -0.3 is 14.9 Å². The van der Waals surface area contributed by atoms with Crippen LogP contribution in [0.1, 0.15) is 10.5 Å². The fraction of sp³-hybridized carbons (Fsp3) is 0. The molecule has 0 aliphatic rings. The first-order valence-electron chi connectivity index (χ1n) is 6.06. The number of rotatable bonds is 3. The Morgan fingerprint density at radius 2 is 2.24 bits per heavy atom. The Labute approximate surface area is 124 Å². The van der Waals surface area contributed by atoms with E-state index < -0.39 is 11.7 Å². The van der Waals surface area contributed by atoms with Crippen molar-refractivity contribution < 1.29 is 9.18 Å². The molecule has 1 amide bonds. The molecule has 3 aromatic rings. The van der Waals surface area contributed by atoms with Crippen molar-refractivity contribution in [1.29, 1.82) is 0 Å². The number of anilines is 1. The molecule has 0 saturated carbocycles. The van der Waals surface area contributed by atoms with E-state index in [0.29, 0.717) is 22.1 Å². The summed E-state index contributed by atoms with van der Waals surface area (Å²) in [6.45, 7) is 0. The molecule has 0 aliphatic carbocycles. The van der Waals surface area contributed by atoms with Gasteiger partial charge in [0.1, 0.15) is 11.5 Å². The Bertz CT molecular complexity index is 782. The molecule has 0 unspecified atom stereocenters. The Morgan fingerprint density at radius 1 is 1.38 bits per heavy atom. The summed E-state index contributed by atoms with van der Waals surface area (Å²) in [6, 6.07) is 5.92. The van der Waals surface area contributed by atoms with E-state index in [1.54, 1.807) is 29.1 Å². The molecule has 106 valence electrons. The summed E-state index contributed by atoms with van der Waals surface area (Å²) in [4.78, 5) is 18.5. The molecule has 0 fully saturated rings. The zero-order valence-electron chi connectivity index (χ0n) is 10.7. The predicted octanol–water partition coefficient (Wildman–Crippen LogP) is 3.25. The quantitative estimate of drug-likeness (QED) is 0.780. The van der Waals surface area contributed by atoms with E-state index in [9.17, 15) is 9.18 Å². The summed E-state index contributed by atoms with van der Waals surface area (Å²) >= 11 is 5.73. The van der Waals surface area contributed by atoms with Crippen LogP contribution in [0.15, 0.2) is 49.2 Å². The van der Waals surface area contributed by atoms with E-state index in [2.05, 4.69) is 15.3 Å². The maximum atomic E-state index is 14.0. The van der Waals surface area contributed by atoms with Gasteiger partial charge in [0.25, 0.3) is 5.91 Å². The summed E-state index contributed by atoms with van der Waals surface area (Å²) < 4.78 is 15.6. The smallest absolute Gasteiger partial charge is 0.272 e. The van der Waals surface area contributed by atoms with Crippen molar-refractivity contribution in [2.75, 3.05) is 5.32 Å². The highest BCUT2D eigenvalue weighted by atomic mass is 35.5. The summed E-state index contributed by atoms with van der Waals surface area (Å²) in [7, 11) is 0. The minimum Gasteiger partial charge on any atom is -0.356 e. The molecule has 0 bridgehead atoms. The summed E-state index contributed by atoms with van der Waals surface area (Å²) in [5.74, 6) is -0.855. The molecule has 21 heavy (non-hydrogen) atoms. The lowest BCUT2D eigenvalue weighted by molar-refractivity contribution is 0.102. The van der Waals surface area contributed by atoms with Crippen LogP contribution in [-0.4, -0.2) is 20.4 Å². The molecule has 2 heterocycles. The van der Waals surface area contributed by atoms with Gasteiger partial charge in [-0.25, -0.2) is 9.37 Å². The van der Waals surface area contributed by atoms with Gasteiger partial charge in [-0.1, -0.05) is 11.6 Å². The second-order valence-electron chi connectivity index (χ2n) is 4.32.